The number of pyridine rings is 1. The van der Waals surface area contributed by atoms with Crippen molar-refractivity contribution in [2.75, 3.05) is 32.8 Å². The highest BCUT2D eigenvalue weighted by atomic mass is 19.1. The van der Waals surface area contributed by atoms with Crippen LogP contribution in [0.1, 0.15) is 50.4 Å². The van der Waals surface area contributed by atoms with Crippen LogP contribution in [0.15, 0.2) is 36.5 Å². The number of alkyl halides is 1. The molecule has 2 unspecified atom stereocenters. The first-order chi connectivity index (χ1) is 17.9. The van der Waals surface area contributed by atoms with E-state index in [1.165, 1.54) is 19.1 Å². The third-order valence-electron chi connectivity index (χ3n) is 7.42. The minimum atomic E-state index is -1.39. The number of β-amino-alcohol motifs (C(OH)–C–C–N with tert-alkyl or cyclic N) is 1. The normalized spacial score (nSPS) is 23.0. The van der Waals surface area contributed by atoms with E-state index in [1.807, 2.05) is 0 Å². The number of aliphatic hydroxyl groups is 1. The number of carbonyl (C=O) groups is 2. The molecule has 38 heavy (non-hydrogen) atoms. The van der Waals surface area contributed by atoms with Crippen molar-refractivity contribution in [2.45, 2.75) is 57.3 Å². The van der Waals surface area contributed by atoms with Crippen molar-refractivity contribution >= 4 is 11.8 Å². The van der Waals surface area contributed by atoms with Gasteiger partial charge in [-0.15, -0.1) is 0 Å². The van der Waals surface area contributed by atoms with E-state index in [-0.39, 0.29) is 18.5 Å². The minimum absolute atomic E-state index is 0.00277. The van der Waals surface area contributed by atoms with Gasteiger partial charge in [-0.3, -0.25) is 14.6 Å². The van der Waals surface area contributed by atoms with E-state index in [1.54, 1.807) is 38.2 Å². The Hall–Kier alpha value is -3.11. The van der Waals surface area contributed by atoms with Crippen LogP contribution in [-0.2, 0) is 4.79 Å². The maximum atomic E-state index is 15.0. The quantitative estimate of drug-likeness (QED) is 0.543. The van der Waals surface area contributed by atoms with Gasteiger partial charge >= 0.3 is 0 Å². The molecule has 0 bridgehead atoms. The zero-order valence-corrected chi connectivity index (χ0v) is 22.1. The van der Waals surface area contributed by atoms with Gasteiger partial charge in [-0.25, -0.2) is 8.78 Å². The monoisotopic (exact) mass is 530 g/mol. The first-order valence-corrected chi connectivity index (χ1v) is 13.0. The Balaban J connectivity index is 1.35. The van der Waals surface area contributed by atoms with E-state index in [4.69, 9.17) is 10.5 Å². The number of nitrogens with two attached hydrogens (primary N) is 1. The molecule has 1 aromatic heterocycles. The lowest BCUT2D eigenvalue weighted by Crippen LogP contribution is -2.54. The summed E-state index contributed by atoms with van der Waals surface area (Å²) in [6, 6.07) is 7.64. The fourth-order valence-corrected chi connectivity index (χ4v) is 5.27. The van der Waals surface area contributed by atoms with Crippen LogP contribution in [-0.4, -0.2) is 81.8 Å². The third-order valence-corrected chi connectivity index (χ3v) is 7.42. The first kappa shape index (κ1) is 27.9. The fraction of sp³-hybridized carbons (Fsp3) is 0.536. The van der Waals surface area contributed by atoms with Gasteiger partial charge in [-0.05, 0) is 76.9 Å². The number of aromatic nitrogens is 1. The van der Waals surface area contributed by atoms with Gasteiger partial charge in [0, 0.05) is 25.1 Å². The van der Waals surface area contributed by atoms with E-state index >= 15 is 4.39 Å². The van der Waals surface area contributed by atoms with Crippen molar-refractivity contribution in [3.63, 3.8) is 0 Å². The van der Waals surface area contributed by atoms with Crippen molar-refractivity contribution in [2.24, 2.45) is 11.7 Å². The molecule has 2 aliphatic rings. The van der Waals surface area contributed by atoms with Crippen molar-refractivity contribution in [1.29, 1.82) is 0 Å². The largest absolute Gasteiger partial charge is 0.492 e. The second-order valence-electron chi connectivity index (χ2n) is 11.2. The summed E-state index contributed by atoms with van der Waals surface area (Å²) in [5, 5.41) is 10.00. The number of halogens is 2. The summed E-state index contributed by atoms with van der Waals surface area (Å²) in [4.78, 5) is 32.6. The Morgan fingerprint density at radius 3 is 2.53 bits per heavy atom. The summed E-state index contributed by atoms with van der Waals surface area (Å²) in [7, 11) is 0. The number of likely N-dealkylation sites (tertiary alicyclic amines) is 2. The molecule has 2 atom stereocenters. The second-order valence-corrected chi connectivity index (χ2v) is 11.2. The van der Waals surface area contributed by atoms with Gasteiger partial charge in [0.1, 0.15) is 22.8 Å². The van der Waals surface area contributed by atoms with Gasteiger partial charge in [0.25, 0.3) is 5.91 Å². The molecule has 2 saturated heterocycles. The number of aliphatic hydroxyl groups excluding tert-OH is 1. The van der Waals surface area contributed by atoms with Crippen LogP contribution in [0.3, 0.4) is 0 Å². The maximum Gasteiger partial charge on any atom is 0.257 e. The summed E-state index contributed by atoms with van der Waals surface area (Å²) >= 11 is 0. The van der Waals surface area contributed by atoms with Crippen molar-refractivity contribution < 1.29 is 28.2 Å². The van der Waals surface area contributed by atoms with Crippen molar-refractivity contribution in [1.82, 2.24) is 14.8 Å². The Labute approximate surface area is 221 Å². The Bertz CT molecular complexity index is 1160. The van der Waals surface area contributed by atoms with Crippen LogP contribution in [0.4, 0.5) is 8.78 Å². The first-order valence-electron chi connectivity index (χ1n) is 13.0. The lowest BCUT2D eigenvalue weighted by Gasteiger charge is -2.34. The van der Waals surface area contributed by atoms with Crippen molar-refractivity contribution in [3.8, 4) is 17.0 Å². The maximum absolute atomic E-state index is 15.0. The smallest absolute Gasteiger partial charge is 0.257 e. The summed E-state index contributed by atoms with van der Waals surface area (Å²) in [5.41, 5.74) is 3.66. The number of primary amides is 1. The number of hydrogen-bond acceptors (Lipinski definition) is 6. The number of nitrogens with zero attached hydrogens (tertiary/aromatic N) is 3. The number of benzene rings is 1. The molecule has 3 N–H and O–H groups in total. The number of rotatable bonds is 8. The predicted octanol–water partition coefficient (Wildman–Crippen LogP) is 3.18. The second kappa shape index (κ2) is 10.9. The van der Waals surface area contributed by atoms with Gasteiger partial charge in [0.05, 0.1) is 30.2 Å². The molecule has 0 aliphatic carbocycles. The molecule has 206 valence electrons. The highest BCUT2D eigenvalue weighted by Crippen LogP contribution is 2.32. The van der Waals surface area contributed by atoms with Gasteiger partial charge in [-0.2, -0.15) is 0 Å². The Morgan fingerprint density at radius 1 is 1.24 bits per heavy atom. The van der Waals surface area contributed by atoms with E-state index < -0.39 is 34.9 Å². The van der Waals surface area contributed by atoms with Gasteiger partial charge in [0.15, 0.2) is 0 Å². The van der Waals surface area contributed by atoms with Gasteiger partial charge in [0.2, 0.25) is 5.91 Å². The summed E-state index contributed by atoms with van der Waals surface area (Å²) < 4.78 is 34.8. The molecule has 3 heterocycles. The molecule has 2 amide bonds. The van der Waals surface area contributed by atoms with E-state index in [2.05, 4.69) is 9.88 Å². The summed E-state index contributed by atoms with van der Waals surface area (Å²) in [6.07, 6.45) is 2.56. The van der Waals surface area contributed by atoms with Crippen LogP contribution < -0.4 is 10.5 Å². The molecule has 0 saturated carbocycles. The molecule has 0 spiro atoms. The standard InChI is InChI=1S/C28H36F2N4O4/c1-27(2,30)17-33-10-8-18(9-11-33)16-38-21-5-7-24(32-14-21)19-4-6-22(23(29)12-19)25(36)34-15-20(35)13-28(34,3)26(31)37/h4-7,12,14,18,20,35H,8-11,13,15-17H2,1-3H3,(H2,31,37). The molecule has 2 fully saturated rings. The van der Waals surface area contributed by atoms with E-state index in [0.717, 1.165) is 30.8 Å². The molecule has 1 aromatic carbocycles. The Kier molecular flexibility index (Phi) is 8.04. The van der Waals surface area contributed by atoms with Gasteiger partial charge < -0.3 is 25.4 Å². The highest BCUT2D eigenvalue weighted by molar-refractivity contribution is 5.99. The summed E-state index contributed by atoms with van der Waals surface area (Å²) in [5.74, 6) is -1.22. The molecule has 4 rings (SSSR count). The van der Waals surface area contributed by atoms with Crippen molar-refractivity contribution in [3.05, 3.63) is 47.9 Å². The molecule has 10 heteroatoms. The van der Waals surface area contributed by atoms with Crippen LogP contribution in [0.5, 0.6) is 5.75 Å². The molecule has 2 aliphatic heterocycles. The molecular weight excluding hydrogens is 494 g/mol. The van der Waals surface area contributed by atoms with Crippen LogP contribution >= 0.6 is 0 Å². The zero-order chi connectivity index (χ0) is 27.7. The number of hydrogen-bond donors (Lipinski definition) is 2. The van der Waals surface area contributed by atoms with E-state index in [9.17, 15) is 19.1 Å². The van der Waals surface area contributed by atoms with Crippen LogP contribution in [0.25, 0.3) is 11.3 Å². The molecule has 0 radical (unpaired) electrons. The van der Waals surface area contributed by atoms with E-state index in [0.29, 0.717) is 36.1 Å². The van der Waals surface area contributed by atoms with Crippen LogP contribution in [0.2, 0.25) is 0 Å². The topological polar surface area (TPSA) is 109 Å². The third kappa shape index (κ3) is 6.30. The number of carbonyl (C=O) groups excluding carboxylic acids is 2. The SMILES string of the molecule is CC(C)(F)CN1CCC(COc2ccc(-c3ccc(C(=O)N4CC(O)CC4(C)C(N)=O)c(F)c3)nc2)CC1. The molecule has 2 aromatic rings. The molecular formula is C28H36F2N4O4. The minimum Gasteiger partial charge on any atom is -0.492 e. The number of piperidine rings is 1. The van der Waals surface area contributed by atoms with Gasteiger partial charge in [-0.1, -0.05) is 6.07 Å². The average Bonchev–Trinajstić information content (AvgIpc) is 3.18. The lowest BCUT2D eigenvalue weighted by molar-refractivity contribution is -0.126. The highest BCUT2D eigenvalue weighted by Gasteiger charge is 2.49. The number of amides is 2. The fourth-order valence-electron chi connectivity index (χ4n) is 5.27. The average molecular weight is 531 g/mol. The predicted molar refractivity (Wildman–Crippen MR) is 139 cm³/mol. The number of ether oxygens (including phenoxy) is 1. The zero-order valence-electron chi connectivity index (χ0n) is 22.1. The molecule has 8 nitrogen and oxygen atoms in total. The lowest BCUT2D eigenvalue weighted by atomic mass is 9.96. The van der Waals surface area contributed by atoms with Crippen LogP contribution in [0, 0.1) is 11.7 Å². The Morgan fingerprint density at radius 2 is 1.95 bits per heavy atom. The summed E-state index contributed by atoms with van der Waals surface area (Å²) in [6.45, 7) is 7.26.